The highest BCUT2D eigenvalue weighted by molar-refractivity contribution is 7.98. The van der Waals surface area contributed by atoms with Crippen molar-refractivity contribution in [2.75, 3.05) is 5.75 Å². The number of amides is 2. The Labute approximate surface area is 179 Å². The van der Waals surface area contributed by atoms with Gasteiger partial charge in [-0.3, -0.25) is 9.59 Å². The van der Waals surface area contributed by atoms with E-state index in [1.54, 1.807) is 16.7 Å². The molecule has 0 unspecified atom stereocenters. The van der Waals surface area contributed by atoms with E-state index < -0.39 is 6.04 Å². The lowest BCUT2D eigenvalue weighted by Crippen LogP contribution is -2.49. The molecule has 0 aliphatic rings. The fourth-order valence-corrected chi connectivity index (χ4v) is 3.95. The first kappa shape index (κ1) is 23.0. The number of rotatable bonds is 10. The van der Waals surface area contributed by atoms with Crippen LogP contribution in [0.1, 0.15) is 43.9 Å². The number of nitrogens with one attached hydrogen (secondary N) is 1. The third kappa shape index (κ3) is 7.94. The largest absolute Gasteiger partial charge is 0.352 e. The van der Waals surface area contributed by atoms with Crippen LogP contribution >= 0.6 is 11.8 Å². The lowest BCUT2D eigenvalue weighted by atomic mass is 10.1. The van der Waals surface area contributed by atoms with Crippen molar-refractivity contribution >= 4 is 23.6 Å². The molecule has 1 N–H and O–H groups in total. The Kier molecular flexibility index (Phi) is 9.26. The van der Waals surface area contributed by atoms with E-state index in [-0.39, 0.29) is 17.9 Å². The highest BCUT2D eigenvalue weighted by atomic mass is 32.2. The quantitative estimate of drug-likeness (QED) is 0.582. The minimum Gasteiger partial charge on any atom is -0.352 e. The number of benzene rings is 2. The number of hydrogen-bond donors (Lipinski definition) is 1. The molecule has 2 amide bonds. The molecule has 4 nitrogen and oxygen atoms in total. The summed E-state index contributed by atoms with van der Waals surface area (Å²) in [4.78, 5) is 27.3. The lowest BCUT2D eigenvalue weighted by molar-refractivity contribution is -0.140. The van der Waals surface area contributed by atoms with E-state index in [4.69, 9.17) is 0 Å². The van der Waals surface area contributed by atoms with Gasteiger partial charge in [-0.25, -0.2) is 0 Å². The second-order valence-corrected chi connectivity index (χ2v) is 8.74. The average Bonchev–Trinajstić information content (AvgIpc) is 2.69. The SMILES string of the molecule is Cc1cccc(CN(C(=O)CCSCc2ccccc2)[C@@H](C)C(=O)NC(C)C)c1. The van der Waals surface area contributed by atoms with Crippen molar-refractivity contribution in [2.24, 2.45) is 0 Å². The molecule has 156 valence electrons. The van der Waals surface area contributed by atoms with Crippen LogP contribution in [0.2, 0.25) is 0 Å². The smallest absolute Gasteiger partial charge is 0.242 e. The molecule has 1 atom stereocenters. The molecule has 2 aromatic carbocycles. The van der Waals surface area contributed by atoms with Crippen LogP contribution in [0.15, 0.2) is 54.6 Å². The molecule has 29 heavy (non-hydrogen) atoms. The van der Waals surface area contributed by atoms with Crippen LogP contribution in [0.4, 0.5) is 0 Å². The molecule has 0 aromatic heterocycles. The number of aryl methyl sites for hydroxylation is 1. The molecule has 0 aliphatic carbocycles. The van der Waals surface area contributed by atoms with Gasteiger partial charge in [-0.1, -0.05) is 60.2 Å². The van der Waals surface area contributed by atoms with E-state index in [1.807, 2.05) is 64.1 Å². The summed E-state index contributed by atoms with van der Waals surface area (Å²) in [6, 6.07) is 17.9. The van der Waals surface area contributed by atoms with E-state index in [1.165, 1.54) is 5.56 Å². The fraction of sp³-hybridized carbons (Fsp3) is 0.417. The molecule has 0 spiro atoms. The molecule has 0 radical (unpaired) electrons. The molecule has 0 saturated carbocycles. The van der Waals surface area contributed by atoms with Crippen molar-refractivity contribution in [1.82, 2.24) is 10.2 Å². The summed E-state index contributed by atoms with van der Waals surface area (Å²) >= 11 is 1.74. The highest BCUT2D eigenvalue weighted by Crippen LogP contribution is 2.16. The van der Waals surface area contributed by atoms with Gasteiger partial charge in [-0.05, 0) is 38.8 Å². The van der Waals surface area contributed by atoms with Gasteiger partial charge in [0.15, 0.2) is 0 Å². The van der Waals surface area contributed by atoms with Gasteiger partial charge < -0.3 is 10.2 Å². The van der Waals surface area contributed by atoms with Crippen LogP contribution < -0.4 is 5.32 Å². The lowest BCUT2D eigenvalue weighted by Gasteiger charge is -2.29. The first-order valence-electron chi connectivity index (χ1n) is 10.1. The van der Waals surface area contributed by atoms with Crippen LogP contribution in [0.5, 0.6) is 0 Å². The number of carbonyl (C=O) groups is 2. The van der Waals surface area contributed by atoms with E-state index in [9.17, 15) is 9.59 Å². The zero-order valence-corrected chi connectivity index (χ0v) is 18.7. The normalized spacial score (nSPS) is 11.9. The van der Waals surface area contributed by atoms with Crippen LogP contribution in [-0.4, -0.2) is 34.6 Å². The third-order valence-electron chi connectivity index (χ3n) is 4.61. The number of carbonyl (C=O) groups excluding carboxylic acids is 2. The molecule has 0 fully saturated rings. The van der Waals surface area contributed by atoms with Crippen molar-refractivity contribution in [1.29, 1.82) is 0 Å². The van der Waals surface area contributed by atoms with Crippen molar-refractivity contribution < 1.29 is 9.59 Å². The molecule has 5 heteroatoms. The third-order valence-corrected chi connectivity index (χ3v) is 5.64. The van der Waals surface area contributed by atoms with Crippen molar-refractivity contribution in [3.8, 4) is 0 Å². The van der Waals surface area contributed by atoms with E-state index >= 15 is 0 Å². The Bertz CT molecular complexity index is 792. The predicted octanol–water partition coefficient (Wildman–Crippen LogP) is 4.56. The van der Waals surface area contributed by atoms with Crippen LogP contribution in [0.3, 0.4) is 0 Å². The molecule has 0 heterocycles. The van der Waals surface area contributed by atoms with Gasteiger partial charge in [-0.2, -0.15) is 11.8 Å². The summed E-state index contributed by atoms with van der Waals surface area (Å²) < 4.78 is 0. The second-order valence-electron chi connectivity index (χ2n) is 7.64. The van der Waals surface area contributed by atoms with E-state index in [2.05, 4.69) is 23.5 Å². The zero-order valence-electron chi connectivity index (χ0n) is 17.9. The summed E-state index contributed by atoms with van der Waals surface area (Å²) in [6.45, 7) is 8.14. The van der Waals surface area contributed by atoms with Crippen LogP contribution in [0, 0.1) is 6.92 Å². The first-order valence-corrected chi connectivity index (χ1v) is 11.3. The van der Waals surface area contributed by atoms with Gasteiger partial charge >= 0.3 is 0 Å². The van der Waals surface area contributed by atoms with E-state index in [0.29, 0.717) is 13.0 Å². The van der Waals surface area contributed by atoms with E-state index in [0.717, 1.165) is 22.6 Å². The fourth-order valence-electron chi connectivity index (χ4n) is 3.06. The summed E-state index contributed by atoms with van der Waals surface area (Å²) in [5.74, 6) is 1.52. The molecule has 2 aromatic rings. The summed E-state index contributed by atoms with van der Waals surface area (Å²) in [5, 5.41) is 2.93. The van der Waals surface area contributed by atoms with Gasteiger partial charge in [-0.15, -0.1) is 0 Å². The highest BCUT2D eigenvalue weighted by Gasteiger charge is 2.26. The van der Waals surface area contributed by atoms with Crippen molar-refractivity contribution in [2.45, 2.75) is 58.5 Å². The Morgan fingerprint density at radius 1 is 1.00 bits per heavy atom. The average molecular weight is 413 g/mol. The van der Waals surface area contributed by atoms with Crippen LogP contribution in [0.25, 0.3) is 0 Å². The Morgan fingerprint density at radius 3 is 2.34 bits per heavy atom. The summed E-state index contributed by atoms with van der Waals surface area (Å²) in [6.07, 6.45) is 0.419. The number of hydrogen-bond acceptors (Lipinski definition) is 3. The summed E-state index contributed by atoms with van der Waals surface area (Å²) in [7, 11) is 0. The maximum absolute atomic E-state index is 13.0. The molecular weight excluding hydrogens is 380 g/mol. The Hall–Kier alpha value is -2.27. The topological polar surface area (TPSA) is 49.4 Å². The minimum absolute atomic E-state index is 0.0125. The number of nitrogens with zero attached hydrogens (tertiary/aromatic N) is 1. The van der Waals surface area contributed by atoms with Gasteiger partial charge in [0, 0.05) is 30.5 Å². The maximum Gasteiger partial charge on any atom is 0.242 e. The summed E-state index contributed by atoms with van der Waals surface area (Å²) in [5.41, 5.74) is 3.44. The zero-order chi connectivity index (χ0) is 21.2. The van der Waals surface area contributed by atoms with Crippen molar-refractivity contribution in [3.63, 3.8) is 0 Å². The van der Waals surface area contributed by atoms with Gasteiger partial charge in [0.25, 0.3) is 0 Å². The van der Waals surface area contributed by atoms with Gasteiger partial charge in [0.1, 0.15) is 6.04 Å². The first-order chi connectivity index (χ1) is 13.9. The Balaban J connectivity index is 2.00. The van der Waals surface area contributed by atoms with Gasteiger partial charge in [0.2, 0.25) is 11.8 Å². The monoisotopic (exact) mass is 412 g/mol. The second kappa shape index (κ2) is 11.7. The molecule has 2 rings (SSSR count). The molecule has 0 saturated heterocycles. The minimum atomic E-state index is -0.510. The standard InChI is InChI=1S/C24H32N2O2S/c1-18(2)25-24(28)20(4)26(16-22-12-8-9-19(3)15-22)23(27)13-14-29-17-21-10-6-5-7-11-21/h5-12,15,18,20H,13-14,16-17H2,1-4H3,(H,25,28)/t20-/m0/s1. The Morgan fingerprint density at radius 2 is 1.69 bits per heavy atom. The molecule has 0 aliphatic heterocycles. The maximum atomic E-state index is 13.0. The van der Waals surface area contributed by atoms with Crippen LogP contribution in [-0.2, 0) is 21.9 Å². The van der Waals surface area contributed by atoms with Crippen molar-refractivity contribution in [3.05, 3.63) is 71.3 Å². The predicted molar refractivity (Wildman–Crippen MR) is 122 cm³/mol. The molecular formula is C24H32N2O2S. The molecule has 0 bridgehead atoms. The number of thioether (sulfide) groups is 1. The van der Waals surface area contributed by atoms with Gasteiger partial charge in [0.05, 0.1) is 0 Å².